The maximum absolute atomic E-state index is 12.6. The van der Waals surface area contributed by atoms with Crippen molar-refractivity contribution in [2.45, 2.75) is 47.0 Å². The third-order valence-electron chi connectivity index (χ3n) is 3.94. The Bertz CT molecular complexity index is 611. The number of guanidine groups is 1. The van der Waals surface area contributed by atoms with E-state index in [1.165, 1.54) is 13.2 Å². The van der Waals surface area contributed by atoms with Crippen LogP contribution in [0.3, 0.4) is 0 Å². The van der Waals surface area contributed by atoms with Crippen LogP contribution in [0.5, 0.6) is 11.5 Å². The van der Waals surface area contributed by atoms with Gasteiger partial charge in [-0.05, 0) is 30.5 Å². The zero-order chi connectivity index (χ0) is 20.4. The van der Waals surface area contributed by atoms with Gasteiger partial charge in [-0.3, -0.25) is 0 Å². The van der Waals surface area contributed by atoms with Gasteiger partial charge in [0.1, 0.15) is 11.5 Å². The Morgan fingerprint density at radius 3 is 2.36 bits per heavy atom. The SMILES string of the molecule is CCNC(=NCc1cc(OC)ccc1OC(F)F)NCC(OC)C(C)(C)C.I. The first-order chi connectivity index (χ1) is 12.7. The molecule has 28 heavy (non-hydrogen) atoms. The second kappa shape index (κ2) is 13.0. The molecule has 0 spiro atoms. The Hall–Kier alpha value is -1.36. The molecule has 0 radical (unpaired) electrons. The monoisotopic (exact) mass is 515 g/mol. The van der Waals surface area contributed by atoms with Crippen LogP contribution in [0.15, 0.2) is 23.2 Å². The third-order valence-corrected chi connectivity index (χ3v) is 3.94. The molecule has 162 valence electrons. The molecule has 0 aliphatic carbocycles. The predicted molar refractivity (Wildman–Crippen MR) is 118 cm³/mol. The van der Waals surface area contributed by atoms with Gasteiger partial charge in [-0.2, -0.15) is 8.78 Å². The molecule has 2 N–H and O–H groups in total. The molecule has 0 aliphatic heterocycles. The standard InChI is InChI=1S/C19H31F2N3O3.HI/c1-7-22-18(24-12-16(26-6)19(2,3)4)23-11-13-10-14(25-5)8-9-15(13)27-17(20)21;/h8-10,16-17H,7,11-12H2,1-6H3,(H2,22,23,24);1H. The normalized spacial score (nSPS) is 13.0. The molecule has 0 saturated heterocycles. The molecule has 1 atom stereocenters. The number of hydrogen-bond donors (Lipinski definition) is 2. The van der Waals surface area contributed by atoms with Gasteiger partial charge >= 0.3 is 6.61 Å². The van der Waals surface area contributed by atoms with E-state index in [-0.39, 0.29) is 47.8 Å². The van der Waals surface area contributed by atoms with E-state index in [1.54, 1.807) is 19.2 Å². The molecule has 1 unspecified atom stereocenters. The first kappa shape index (κ1) is 26.6. The van der Waals surface area contributed by atoms with E-state index in [0.29, 0.717) is 30.4 Å². The molecule has 0 aromatic heterocycles. The van der Waals surface area contributed by atoms with Gasteiger partial charge in [0.2, 0.25) is 0 Å². The summed E-state index contributed by atoms with van der Waals surface area (Å²) in [5, 5.41) is 6.37. The molecular formula is C19H32F2IN3O3. The van der Waals surface area contributed by atoms with Crippen molar-refractivity contribution < 1.29 is 23.0 Å². The zero-order valence-electron chi connectivity index (χ0n) is 17.3. The van der Waals surface area contributed by atoms with Gasteiger partial charge in [-0.25, -0.2) is 4.99 Å². The van der Waals surface area contributed by atoms with Crippen LogP contribution in [0.1, 0.15) is 33.3 Å². The van der Waals surface area contributed by atoms with E-state index in [1.807, 2.05) is 6.92 Å². The molecule has 0 saturated carbocycles. The van der Waals surface area contributed by atoms with Crippen molar-refractivity contribution in [2.75, 3.05) is 27.3 Å². The summed E-state index contributed by atoms with van der Waals surface area (Å²) in [5.41, 5.74) is 0.468. The first-order valence-electron chi connectivity index (χ1n) is 8.88. The fraction of sp³-hybridized carbons (Fsp3) is 0.632. The Kier molecular flexibility index (Phi) is 12.3. The van der Waals surface area contributed by atoms with E-state index < -0.39 is 6.61 Å². The Labute approximate surface area is 183 Å². The fourth-order valence-corrected chi connectivity index (χ4v) is 2.46. The molecule has 1 aromatic carbocycles. The second-order valence-corrected chi connectivity index (χ2v) is 7.02. The van der Waals surface area contributed by atoms with Gasteiger partial charge in [0.15, 0.2) is 5.96 Å². The number of aliphatic imine (C=N–C) groups is 1. The number of alkyl halides is 2. The summed E-state index contributed by atoms with van der Waals surface area (Å²) in [6, 6.07) is 4.66. The quantitative estimate of drug-likeness (QED) is 0.296. The summed E-state index contributed by atoms with van der Waals surface area (Å²) in [7, 11) is 3.19. The highest BCUT2D eigenvalue weighted by Crippen LogP contribution is 2.26. The smallest absolute Gasteiger partial charge is 0.387 e. The summed E-state index contributed by atoms with van der Waals surface area (Å²) in [6.45, 7) is 6.71. The zero-order valence-corrected chi connectivity index (χ0v) is 19.7. The fourth-order valence-electron chi connectivity index (χ4n) is 2.46. The number of halogens is 3. The number of hydrogen-bond acceptors (Lipinski definition) is 4. The first-order valence-corrected chi connectivity index (χ1v) is 8.88. The molecule has 0 fully saturated rings. The lowest BCUT2D eigenvalue weighted by molar-refractivity contribution is -0.0504. The second-order valence-electron chi connectivity index (χ2n) is 7.02. The minimum Gasteiger partial charge on any atom is -0.497 e. The van der Waals surface area contributed by atoms with Gasteiger partial charge in [0.05, 0.1) is 19.8 Å². The van der Waals surface area contributed by atoms with Gasteiger partial charge in [-0.1, -0.05) is 20.8 Å². The maximum Gasteiger partial charge on any atom is 0.387 e. The minimum absolute atomic E-state index is 0. The molecule has 0 aliphatic rings. The highest BCUT2D eigenvalue weighted by molar-refractivity contribution is 14.0. The lowest BCUT2D eigenvalue weighted by Gasteiger charge is -2.30. The summed E-state index contributed by atoms with van der Waals surface area (Å²) < 4.78 is 40.5. The largest absolute Gasteiger partial charge is 0.497 e. The Balaban J connectivity index is 0.00000729. The van der Waals surface area contributed by atoms with Crippen LogP contribution in [-0.2, 0) is 11.3 Å². The van der Waals surface area contributed by atoms with Gasteiger partial charge in [0, 0.05) is 25.8 Å². The van der Waals surface area contributed by atoms with Crippen LogP contribution in [0.4, 0.5) is 8.78 Å². The van der Waals surface area contributed by atoms with Crippen molar-refractivity contribution in [3.8, 4) is 11.5 Å². The molecule has 1 aromatic rings. The summed E-state index contributed by atoms with van der Waals surface area (Å²) in [5.74, 6) is 1.19. The van der Waals surface area contributed by atoms with Crippen molar-refractivity contribution in [1.29, 1.82) is 0 Å². The van der Waals surface area contributed by atoms with E-state index >= 15 is 0 Å². The highest BCUT2D eigenvalue weighted by atomic mass is 127. The van der Waals surface area contributed by atoms with Crippen LogP contribution in [0, 0.1) is 5.41 Å². The van der Waals surface area contributed by atoms with Crippen molar-refractivity contribution in [2.24, 2.45) is 10.4 Å². The van der Waals surface area contributed by atoms with Gasteiger partial charge in [-0.15, -0.1) is 24.0 Å². The average Bonchev–Trinajstić information content (AvgIpc) is 2.59. The number of benzene rings is 1. The number of nitrogens with one attached hydrogen (secondary N) is 2. The number of rotatable bonds is 9. The Morgan fingerprint density at radius 2 is 1.86 bits per heavy atom. The summed E-state index contributed by atoms with van der Waals surface area (Å²) in [4.78, 5) is 4.47. The lowest BCUT2D eigenvalue weighted by atomic mass is 9.89. The maximum atomic E-state index is 12.6. The molecule has 1 rings (SSSR count). The summed E-state index contributed by atoms with van der Waals surface area (Å²) in [6.07, 6.45) is -0.0177. The molecule has 0 amide bonds. The highest BCUT2D eigenvalue weighted by Gasteiger charge is 2.24. The van der Waals surface area contributed by atoms with Crippen LogP contribution >= 0.6 is 24.0 Å². The third kappa shape index (κ3) is 9.22. The van der Waals surface area contributed by atoms with E-state index in [4.69, 9.17) is 9.47 Å². The topological polar surface area (TPSA) is 64.1 Å². The van der Waals surface area contributed by atoms with Crippen molar-refractivity contribution in [3.05, 3.63) is 23.8 Å². The molecule has 0 bridgehead atoms. The van der Waals surface area contributed by atoms with Crippen molar-refractivity contribution in [1.82, 2.24) is 10.6 Å². The van der Waals surface area contributed by atoms with Crippen LogP contribution in [0.25, 0.3) is 0 Å². The van der Waals surface area contributed by atoms with E-state index in [9.17, 15) is 8.78 Å². The number of ether oxygens (including phenoxy) is 3. The number of methoxy groups -OCH3 is 2. The Morgan fingerprint density at radius 1 is 1.18 bits per heavy atom. The van der Waals surface area contributed by atoms with E-state index in [0.717, 1.165) is 0 Å². The lowest BCUT2D eigenvalue weighted by Crippen LogP contribution is -2.45. The molecular weight excluding hydrogens is 483 g/mol. The molecule has 0 heterocycles. The van der Waals surface area contributed by atoms with Crippen LogP contribution < -0.4 is 20.1 Å². The molecule has 6 nitrogen and oxygen atoms in total. The average molecular weight is 515 g/mol. The van der Waals surface area contributed by atoms with E-state index in [2.05, 4.69) is 41.1 Å². The van der Waals surface area contributed by atoms with Crippen molar-refractivity contribution in [3.63, 3.8) is 0 Å². The van der Waals surface area contributed by atoms with Gasteiger partial charge < -0.3 is 24.8 Å². The molecule has 9 heteroatoms. The summed E-state index contributed by atoms with van der Waals surface area (Å²) >= 11 is 0. The van der Waals surface area contributed by atoms with Crippen molar-refractivity contribution >= 4 is 29.9 Å². The number of nitrogens with zero attached hydrogens (tertiary/aromatic N) is 1. The van der Waals surface area contributed by atoms with Crippen LogP contribution in [0.2, 0.25) is 0 Å². The van der Waals surface area contributed by atoms with Crippen LogP contribution in [-0.4, -0.2) is 46.0 Å². The minimum atomic E-state index is -2.90. The predicted octanol–water partition coefficient (Wildman–Crippen LogP) is 4.03. The van der Waals surface area contributed by atoms with Gasteiger partial charge in [0.25, 0.3) is 0 Å².